The van der Waals surface area contributed by atoms with Crippen LogP contribution >= 0.6 is 11.8 Å². The molecule has 0 atom stereocenters. The summed E-state index contributed by atoms with van der Waals surface area (Å²) >= 11 is 0.741. The van der Waals surface area contributed by atoms with Gasteiger partial charge in [0.2, 0.25) is 0 Å². The molecule has 0 unspecified atom stereocenters. The van der Waals surface area contributed by atoms with E-state index in [0.717, 1.165) is 16.7 Å². The van der Waals surface area contributed by atoms with Gasteiger partial charge in [-0.25, -0.2) is 4.39 Å². The molecule has 1 saturated heterocycles. The highest BCUT2D eigenvalue weighted by atomic mass is 32.2. The molecule has 0 bridgehead atoms. The minimum Gasteiger partial charge on any atom is -0.490 e. The average molecular weight is 514 g/mol. The number of carbonyl (C=O) groups excluding carboxylic acids is 2. The van der Waals surface area contributed by atoms with Crippen molar-refractivity contribution >= 4 is 39.1 Å². The molecule has 1 aliphatic rings. The topological polar surface area (TPSA) is 90.0 Å². The minimum atomic E-state index is -4.08. The van der Waals surface area contributed by atoms with Crippen molar-refractivity contribution in [2.45, 2.75) is 18.4 Å². The van der Waals surface area contributed by atoms with Crippen LogP contribution in [0.25, 0.3) is 6.08 Å². The van der Waals surface area contributed by atoms with E-state index >= 15 is 0 Å². The zero-order chi connectivity index (χ0) is 25.0. The predicted molar refractivity (Wildman–Crippen MR) is 130 cm³/mol. The van der Waals surface area contributed by atoms with Crippen molar-refractivity contribution in [3.05, 3.63) is 94.6 Å². The monoisotopic (exact) mass is 513 g/mol. The van der Waals surface area contributed by atoms with Gasteiger partial charge < -0.3 is 8.92 Å². The molecule has 2 amide bonds. The van der Waals surface area contributed by atoms with E-state index in [0.29, 0.717) is 5.56 Å². The number of thioether (sulfide) groups is 1. The number of imide groups is 1. The Morgan fingerprint density at radius 3 is 2.40 bits per heavy atom. The lowest BCUT2D eigenvalue weighted by Crippen LogP contribution is -2.27. The van der Waals surface area contributed by atoms with Crippen molar-refractivity contribution in [3.8, 4) is 11.5 Å². The molecule has 3 aromatic carbocycles. The first-order valence-electron chi connectivity index (χ1n) is 10.5. The van der Waals surface area contributed by atoms with E-state index in [-0.39, 0.29) is 40.0 Å². The summed E-state index contributed by atoms with van der Waals surface area (Å²) in [6.45, 7) is 1.80. The van der Waals surface area contributed by atoms with E-state index in [2.05, 4.69) is 0 Å². The van der Waals surface area contributed by atoms with Gasteiger partial charge in [-0.2, -0.15) is 8.42 Å². The molecule has 0 spiro atoms. The molecule has 35 heavy (non-hydrogen) atoms. The summed E-state index contributed by atoms with van der Waals surface area (Å²) in [5.74, 6) is -0.905. The second kappa shape index (κ2) is 10.3. The molecular weight excluding hydrogens is 493 g/mol. The Morgan fingerprint density at radius 2 is 1.69 bits per heavy atom. The molecular formula is C25H20FNO6S2. The number of rotatable bonds is 8. The van der Waals surface area contributed by atoms with Crippen molar-refractivity contribution in [1.82, 2.24) is 4.90 Å². The molecule has 10 heteroatoms. The molecule has 0 aromatic heterocycles. The van der Waals surface area contributed by atoms with Crippen LogP contribution < -0.4 is 8.92 Å². The minimum absolute atomic E-state index is 0.00458. The van der Waals surface area contributed by atoms with Gasteiger partial charge in [-0.05, 0) is 60.7 Å². The number of amides is 2. The third-order valence-corrected chi connectivity index (χ3v) is 7.11. The molecule has 3 aromatic rings. The highest BCUT2D eigenvalue weighted by Crippen LogP contribution is 2.36. The number of nitrogens with zero attached hydrogens (tertiary/aromatic N) is 1. The zero-order valence-corrected chi connectivity index (χ0v) is 20.1. The average Bonchev–Trinajstić information content (AvgIpc) is 3.10. The largest absolute Gasteiger partial charge is 0.490 e. The lowest BCUT2D eigenvalue weighted by molar-refractivity contribution is -0.123. The predicted octanol–water partition coefficient (Wildman–Crippen LogP) is 5.23. The van der Waals surface area contributed by atoms with Crippen LogP contribution in [0.4, 0.5) is 9.18 Å². The number of hydrogen-bond donors (Lipinski definition) is 0. The highest BCUT2D eigenvalue weighted by Gasteiger charge is 2.35. The lowest BCUT2D eigenvalue weighted by Gasteiger charge is -2.13. The summed E-state index contributed by atoms with van der Waals surface area (Å²) in [4.78, 5) is 26.3. The Kier molecular flexibility index (Phi) is 7.23. The van der Waals surface area contributed by atoms with E-state index in [1.54, 1.807) is 37.3 Å². The number of hydrogen-bond acceptors (Lipinski definition) is 7. The van der Waals surface area contributed by atoms with Gasteiger partial charge in [0.1, 0.15) is 10.7 Å². The Morgan fingerprint density at radius 1 is 0.971 bits per heavy atom. The van der Waals surface area contributed by atoms with Crippen LogP contribution in [0.5, 0.6) is 11.5 Å². The first kappa shape index (κ1) is 24.5. The summed E-state index contributed by atoms with van der Waals surface area (Å²) in [7, 11) is -4.08. The Labute approximate surface area is 206 Å². The van der Waals surface area contributed by atoms with Crippen LogP contribution in [-0.2, 0) is 21.5 Å². The molecule has 1 heterocycles. The van der Waals surface area contributed by atoms with Gasteiger partial charge in [0.25, 0.3) is 11.1 Å². The summed E-state index contributed by atoms with van der Waals surface area (Å²) in [6.07, 6.45) is 1.49. The molecule has 4 rings (SSSR count). The van der Waals surface area contributed by atoms with E-state index in [4.69, 9.17) is 8.92 Å². The van der Waals surface area contributed by atoms with Gasteiger partial charge in [-0.3, -0.25) is 14.5 Å². The summed E-state index contributed by atoms with van der Waals surface area (Å²) in [5, 5.41) is -0.511. The molecule has 0 saturated carbocycles. The molecule has 180 valence electrons. The van der Waals surface area contributed by atoms with Crippen molar-refractivity contribution in [1.29, 1.82) is 0 Å². The third-order valence-electron chi connectivity index (χ3n) is 4.96. The molecule has 1 fully saturated rings. The van der Waals surface area contributed by atoms with Crippen molar-refractivity contribution in [3.63, 3.8) is 0 Å². The van der Waals surface area contributed by atoms with Crippen LogP contribution in [0.1, 0.15) is 18.1 Å². The normalized spacial score (nSPS) is 15.0. The van der Waals surface area contributed by atoms with E-state index in [1.807, 2.05) is 0 Å². The van der Waals surface area contributed by atoms with E-state index in [1.165, 1.54) is 48.5 Å². The standard InChI is InChI=1S/C25H20FNO6S2/c1-2-32-22-14-17(12-13-21(22)33-35(30,31)19-9-4-3-5-10-19)15-23-24(28)27(25(29)34-23)16-18-8-6-7-11-20(18)26/h3-15H,2,16H2,1H3/b23-15-. The second-order valence-corrected chi connectivity index (χ2v) is 9.89. The summed E-state index contributed by atoms with van der Waals surface area (Å²) in [6, 6.07) is 18.1. The SMILES string of the molecule is CCOc1cc(/C=C2\SC(=O)N(Cc3ccccc3F)C2=O)ccc1OS(=O)(=O)c1ccccc1. The van der Waals surface area contributed by atoms with Crippen LogP contribution in [-0.4, -0.2) is 31.1 Å². The maximum Gasteiger partial charge on any atom is 0.339 e. The Hall–Kier alpha value is -3.63. The smallest absolute Gasteiger partial charge is 0.339 e. The van der Waals surface area contributed by atoms with Gasteiger partial charge in [-0.15, -0.1) is 0 Å². The number of ether oxygens (including phenoxy) is 1. The number of halogens is 1. The summed E-state index contributed by atoms with van der Waals surface area (Å²) in [5.41, 5.74) is 0.727. The van der Waals surface area contributed by atoms with Gasteiger partial charge in [0.05, 0.1) is 18.1 Å². The van der Waals surface area contributed by atoms with Crippen molar-refractivity contribution < 1.29 is 31.3 Å². The second-order valence-electron chi connectivity index (χ2n) is 7.35. The van der Waals surface area contributed by atoms with Crippen LogP contribution in [0, 0.1) is 5.82 Å². The van der Waals surface area contributed by atoms with Gasteiger partial charge >= 0.3 is 10.1 Å². The first-order valence-corrected chi connectivity index (χ1v) is 12.8. The molecule has 1 aliphatic heterocycles. The molecule has 0 radical (unpaired) electrons. The van der Waals surface area contributed by atoms with Gasteiger partial charge in [0.15, 0.2) is 11.5 Å². The molecule has 7 nitrogen and oxygen atoms in total. The third kappa shape index (κ3) is 5.55. The Bertz CT molecular complexity index is 1410. The first-order chi connectivity index (χ1) is 16.8. The fourth-order valence-electron chi connectivity index (χ4n) is 3.29. The number of benzene rings is 3. The van der Waals surface area contributed by atoms with Gasteiger partial charge in [-0.1, -0.05) is 42.5 Å². The number of carbonyl (C=O) groups is 2. The zero-order valence-electron chi connectivity index (χ0n) is 18.5. The quantitative estimate of drug-likeness (QED) is 0.301. The molecule has 0 aliphatic carbocycles. The van der Waals surface area contributed by atoms with Crippen LogP contribution in [0.15, 0.2) is 82.6 Å². The van der Waals surface area contributed by atoms with Crippen molar-refractivity contribution in [2.75, 3.05) is 6.61 Å². The lowest BCUT2D eigenvalue weighted by atomic mass is 10.1. The van der Waals surface area contributed by atoms with Gasteiger partial charge in [0, 0.05) is 5.56 Å². The Balaban J connectivity index is 1.58. The van der Waals surface area contributed by atoms with E-state index < -0.39 is 27.1 Å². The maximum atomic E-state index is 14.0. The fraction of sp³-hybridized carbons (Fsp3) is 0.120. The van der Waals surface area contributed by atoms with Crippen LogP contribution in [0.2, 0.25) is 0 Å². The van der Waals surface area contributed by atoms with Crippen molar-refractivity contribution in [2.24, 2.45) is 0 Å². The van der Waals surface area contributed by atoms with E-state index in [9.17, 15) is 22.4 Å². The molecule has 0 N–H and O–H groups in total. The highest BCUT2D eigenvalue weighted by molar-refractivity contribution is 8.18. The van der Waals surface area contributed by atoms with Crippen LogP contribution in [0.3, 0.4) is 0 Å². The fourth-order valence-corrected chi connectivity index (χ4v) is 5.09. The maximum absolute atomic E-state index is 14.0. The summed E-state index contributed by atoms with van der Waals surface area (Å²) < 4.78 is 50.0.